The van der Waals surface area contributed by atoms with Crippen molar-refractivity contribution in [1.29, 1.82) is 0 Å². The average molecular weight is 417 g/mol. The Morgan fingerprint density at radius 2 is 1.93 bits per heavy atom. The number of nitrogens with one attached hydrogen (secondary N) is 1. The van der Waals surface area contributed by atoms with Crippen LogP contribution in [0.25, 0.3) is 0 Å². The molecule has 1 heterocycles. The number of fused-ring (bicyclic) bond motifs is 1. The summed E-state index contributed by atoms with van der Waals surface area (Å²) in [5.74, 6) is -1.51. The maximum atomic E-state index is 12.7. The minimum absolute atomic E-state index is 0.0171. The highest BCUT2D eigenvalue weighted by molar-refractivity contribution is 7.17. The Morgan fingerprint density at radius 1 is 1.22 bits per heavy atom. The number of carbonyl (C=O) groups excluding carboxylic acids is 3. The smallest absolute Gasteiger partial charge is 0.365 e. The summed E-state index contributed by atoms with van der Waals surface area (Å²) in [5, 5.41) is 2.26. The van der Waals surface area contributed by atoms with Crippen molar-refractivity contribution in [3.05, 3.63) is 50.4 Å². The molecule has 0 radical (unpaired) electrons. The Balaban J connectivity index is 1.93. The fourth-order valence-corrected chi connectivity index (χ4v) is 4.39. The molecule has 0 atom stereocenters. The number of halogens is 4. The predicted octanol–water partition coefficient (Wildman–Crippen LogP) is 3.83. The highest BCUT2D eigenvalue weighted by atomic mass is 35.5. The molecule has 142 valence electrons. The van der Waals surface area contributed by atoms with Gasteiger partial charge in [0, 0.05) is 17.7 Å². The topological polar surface area (TPSA) is 89.3 Å². The van der Waals surface area contributed by atoms with Crippen molar-refractivity contribution in [3.63, 3.8) is 0 Å². The van der Waals surface area contributed by atoms with E-state index in [0.717, 1.165) is 23.5 Å². The number of anilines is 1. The van der Waals surface area contributed by atoms with E-state index in [1.54, 1.807) is 0 Å². The quantitative estimate of drug-likeness (QED) is 0.796. The van der Waals surface area contributed by atoms with Crippen LogP contribution >= 0.6 is 22.9 Å². The Hall–Kier alpha value is -2.39. The van der Waals surface area contributed by atoms with Crippen molar-refractivity contribution in [2.45, 2.75) is 25.4 Å². The van der Waals surface area contributed by atoms with Gasteiger partial charge in [0.15, 0.2) is 0 Å². The van der Waals surface area contributed by atoms with Crippen molar-refractivity contribution in [1.82, 2.24) is 0 Å². The predicted molar refractivity (Wildman–Crippen MR) is 94.3 cm³/mol. The van der Waals surface area contributed by atoms with Crippen molar-refractivity contribution in [2.75, 3.05) is 5.32 Å². The molecule has 3 N–H and O–H groups in total. The van der Waals surface area contributed by atoms with Gasteiger partial charge in [0.05, 0.1) is 21.7 Å². The summed E-state index contributed by atoms with van der Waals surface area (Å²) in [6, 6.07) is 2.36. The van der Waals surface area contributed by atoms with Crippen molar-refractivity contribution in [2.24, 2.45) is 5.73 Å². The molecule has 2 aromatic rings. The lowest BCUT2D eigenvalue weighted by molar-refractivity contribution is -0.137. The first-order valence-corrected chi connectivity index (χ1v) is 8.91. The Labute approximate surface area is 160 Å². The fourth-order valence-electron chi connectivity index (χ4n) is 2.85. The van der Waals surface area contributed by atoms with Gasteiger partial charge in [0.2, 0.25) is 0 Å². The molecule has 1 aromatic carbocycles. The lowest BCUT2D eigenvalue weighted by Crippen LogP contribution is -2.20. The van der Waals surface area contributed by atoms with Gasteiger partial charge < -0.3 is 11.1 Å². The molecule has 0 aliphatic heterocycles. The van der Waals surface area contributed by atoms with Gasteiger partial charge in [-0.15, -0.1) is 11.3 Å². The molecule has 1 aromatic heterocycles. The summed E-state index contributed by atoms with van der Waals surface area (Å²) < 4.78 is 38.1. The highest BCUT2D eigenvalue weighted by Crippen LogP contribution is 2.38. The largest absolute Gasteiger partial charge is 0.416 e. The zero-order chi connectivity index (χ0) is 19.9. The van der Waals surface area contributed by atoms with E-state index in [1.165, 1.54) is 0 Å². The van der Waals surface area contributed by atoms with E-state index in [0.29, 0.717) is 22.9 Å². The van der Waals surface area contributed by atoms with Gasteiger partial charge in [-0.3, -0.25) is 14.4 Å². The maximum Gasteiger partial charge on any atom is 0.416 e. The zero-order valence-electron chi connectivity index (χ0n) is 13.6. The molecular formula is C17H12ClF3N2O3S. The van der Waals surface area contributed by atoms with Crippen molar-refractivity contribution in [3.8, 4) is 0 Å². The summed E-state index contributed by atoms with van der Waals surface area (Å²) in [5.41, 5.74) is 5.00. The summed E-state index contributed by atoms with van der Waals surface area (Å²) in [7, 11) is 0. The standard InChI is InChI=1S/C17H12ClF3N2O3S/c18-11-5-7(17(19,20)21)1-3-9(11)15(26)23-16-13(14(22)25)10-4-2-8(24)6-12(10)27-16/h1,3,5H,2,4,6H2,(H2,22,25)(H,23,26). The van der Waals surface area contributed by atoms with E-state index in [1.807, 2.05) is 0 Å². The first-order chi connectivity index (χ1) is 12.6. The molecule has 3 rings (SSSR count). The summed E-state index contributed by atoms with van der Waals surface area (Å²) in [6.07, 6.45) is -3.81. The molecule has 0 saturated carbocycles. The lowest BCUT2D eigenvalue weighted by Gasteiger charge is -2.11. The number of Topliss-reactive ketones (excluding diaryl/α,β-unsaturated/α-hetero) is 1. The number of primary amides is 1. The molecule has 5 nitrogen and oxygen atoms in total. The molecular weight excluding hydrogens is 405 g/mol. The van der Waals surface area contributed by atoms with Gasteiger partial charge in [-0.05, 0) is 30.2 Å². The first-order valence-electron chi connectivity index (χ1n) is 7.72. The summed E-state index contributed by atoms with van der Waals surface area (Å²) in [4.78, 5) is 36.5. The third-order valence-corrected chi connectivity index (χ3v) is 5.58. The number of rotatable bonds is 3. The second-order valence-corrected chi connectivity index (χ2v) is 7.45. The number of benzene rings is 1. The SMILES string of the molecule is NC(=O)c1c(NC(=O)c2ccc(C(F)(F)F)cc2Cl)sc2c1CCC(=O)C2. The van der Waals surface area contributed by atoms with Crippen molar-refractivity contribution < 1.29 is 27.6 Å². The molecule has 1 aliphatic carbocycles. The number of ketones is 1. The fraction of sp³-hybridized carbons (Fsp3) is 0.235. The Bertz CT molecular complexity index is 969. The lowest BCUT2D eigenvalue weighted by atomic mass is 9.94. The molecule has 10 heteroatoms. The Kier molecular flexibility index (Phi) is 5.00. The third kappa shape index (κ3) is 3.84. The second kappa shape index (κ2) is 6.97. The number of nitrogens with two attached hydrogens (primary N) is 1. The van der Waals surface area contributed by atoms with Crippen LogP contribution in [-0.2, 0) is 23.8 Å². The van der Waals surface area contributed by atoms with Crippen LogP contribution in [0.3, 0.4) is 0 Å². The molecule has 0 saturated heterocycles. The van der Waals surface area contributed by atoms with Crippen LogP contribution in [-0.4, -0.2) is 17.6 Å². The number of alkyl halides is 3. The first kappa shape index (κ1) is 19.4. The maximum absolute atomic E-state index is 12.7. The van der Waals surface area contributed by atoms with Gasteiger partial charge in [0.1, 0.15) is 10.8 Å². The number of amides is 2. The van der Waals surface area contributed by atoms with Crippen LogP contribution < -0.4 is 11.1 Å². The minimum atomic E-state index is -4.59. The molecule has 27 heavy (non-hydrogen) atoms. The number of carbonyl (C=O) groups is 3. The van der Waals surface area contributed by atoms with Crippen LogP contribution in [0, 0.1) is 0 Å². The minimum Gasteiger partial charge on any atom is -0.365 e. The second-order valence-electron chi connectivity index (χ2n) is 5.93. The molecule has 0 spiro atoms. The van der Waals surface area contributed by atoms with Gasteiger partial charge in [0.25, 0.3) is 11.8 Å². The summed E-state index contributed by atoms with van der Waals surface area (Å²) in [6.45, 7) is 0. The Morgan fingerprint density at radius 3 is 2.52 bits per heavy atom. The van der Waals surface area contributed by atoms with E-state index in [9.17, 15) is 27.6 Å². The molecule has 2 amide bonds. The molecule has 1 aliphatic rings. The number of hydrogen-bond donors (Lipinski definition) is 2. The zero-order valence-corrected chi connectivity index (χ0v) is 15.1. The third-order valence-electron chi connectivity index (χ3n) is 4.12. The van der Waals surface area contributed by atoms with E-state index >= 15 is 0 Å². The van der Waals surface area contributed by atoms with Gasteiger partial charge in [-0.2, -0.15) is 13.2 Å². The number of hydrogen-bond acceptors (Lipinski definition) is 4. The van der Waals surface area contributed by atoms with Gasteiger partial charge >= 0.3 is 6.18 Å². The molecule has 0 fully saturated rings. The highest BCUT2D eigenvalue weighted by Gasteiger charge is 2.32. The van der Waals surface area contributed by atoms with E-state index in [-0.39, 0.29) is 39.8 Å². The van der Waals surface area contributed by atoms with Crippen LogP contribution in [0.1, 0.15) is 43.1 Å². The van der Waals surface area contributed by atoms with Crippen LogP contribution in [0.5, 0.6) is 0 Å². The summed E-state index contributed by atoms with van der Waals surface area (Å²) >= 11 is 6.88. The van der Waals surface area contributed by atoms with Crippen molar-refractivity contribution >= 4 is 45.5 Å². The molecule has 0 bridgehead atoms. The van der Waals surface area contributed by atoms with Crippen LogP contribution in [0.2, 0.25) is 5.02 Å². The van der Waals surface area contributed by atoms with Gasteiger partial charge in [-0.25, -0.2) is 0 Å². The molecule has 0 unspecified atom stereocenters. The van der Waals surface area contributed by atoms with E-state index in [4.69, 9.17) is 17.3 Å². The van der Waals surface area contributed by atoms with Crippen LogP contribution in [0.4, 0.5) is 18.2 Å². The average Bonchev–Trinajstić information content (AvgIpc) is 2.90. The number of thiophene rings is 1. The van der Waals surface area contributed by atoms with E-state index < -0.39 is 23.6 Å². The van der Waals surface area contributed by atoms with Crippen LogP contribution in [0.15, 0.2) is 18.2 Å². The normalized spacial score (nSPS) is 14.0. The monoisotopic (exact) mass is 416 g/mol. The van der Waals surface area contributed by atoms with E-state index in [2.05, 4.69) is 5.32 Å². The van der Waals surface area contributed by atoms with Gasteiger partial charge in [-0.1, -0.05) is 11.6 Å².